The molecule has 3 heterocycles. The number of hydrogen-bond acceptors (Lipinski definition) is 4. The molecule has 0 atom stereocenters. The Morgan fingerprint density at radius 1 is 0.429 bits per heavy atom. The number of pyridine rings is 1. The summed E-state index contributed by atoms with van der Waals surface area (Å²) in [5.41, 5.74) is 12.4. The Kier molecular flexibility index (Phi) is 9.75. The monoisotopic (exact) mass is 822 g/mol. The Hall–Kier alpha value is -7.11. The molecule has 0 saturated carbocycles. The van der Waals surface area contributed by atoms with Gasteiger partial charge in [-0.05, 0) is 100.0 Å². The zero-order valence-corrected chi connectivity index (χ0v) is 37.3. The maximum Gasteiger partial charge on any atom is 0.137 e. The van der Waals surface area contributed by atoms with Crippen LogP contribution in [-0.2, 0) is 16.2 Å². The molecular weight excluding hydrogens is 769 g/mol. The molecule has 312 valence electrons. The lowest BCUT2D eigenvalue weighted by Crippen LogP contribution is -2.26. The molecule has 0 radical (unpaired) electrons. The van der Waals surface area contributed by atoms with E-state index in [2.05, 4.69) is 245 Å². The van der Waals surface area contributed by atoms with Gasteiger partial charge in [-0.3, -0.25) is 4.57 Å². The van der Waals surface area contributed by atoms with Gasteiger partial charge in [-0.2, -0.15) is 0 Å². The van der Waals surface area contributed by atoms with Gasteiger partial charge in [0.15, 0.2) is 0 Å². The SMILES string of the molecule is CC(C)(C)c1ccnc(-n2c3ccccc3c3ccc(Oc4cc(N5CN(c6cccc(C(C)(C)c7ccccc7)c6)c6ccccc65)cc(C(C)(C)c5ccccc5)c4)cc32)c1. The van der Waals surface area contributed by atoms with Crippen LogP contribution in [0, 0.1) is 0 Å². The molecule has 63 heavy (non-hydrogen) atoms. The Morgan fingerprint density at radius 3 is 1.71 bits per heavy atom. The van der Waals surface area contributed by atoms with E-state index in [0.29, 0.717) is 6.67 Å². The topological polar surface area (TPSA) is 33.5 Å². The van der Waals surface area contributed by atoms with Crippen LogP contribution in [0.4, 0.5) is 22.7 Å². The van der Waals surface area contributed by atoms with Gasteiger partial charge in [0.25, 0.3) is 0 Å². The summed E-state index contributed by atoms with van der Waals surface area (Å²) in [6.07, 6.45) is 1.93. The van der Waals surface area contributed by atoms with Crippen molar-refractivity contribution in [2.45, 2.75) is 64.7 Å². The normalized spacial score (nSPS) is 13.2. The maximum atomic E-state index is 7.04. The number of nitrogens with zero attached hydrogens (tertiary/aromatic N) is 4. The van der Waals surface area contributed by atoms with Crippen LogP contribution >= 0.6 is 0 Å². The van der Waals surface area contributed by atoms with Crippen molar-refractivity contribution < 1.29 is 4.74 Å². The van der Waals surface area contributed by atoms with E-state index in [1.807, 2.05) is 6.20 Å². The van der Waals surface area contributed by atoms with Crippen molar-refractivity contribution in [1.29, 1.82) is 0 Å². The van der Waals surface area contributed by atoms with Crippen LogP contribution in [0.1, 0.15) is 76.3 Å². The van der Waals surface area contributed by atoms with Crippen molar-refractivity contribution in [3.05, 3.63) is 216 Å². The number of hydrogen-bond donors (Lipinski definition) is 0. The predicted molar refractivity (Wildman–Crippen MR) is 263 cm³/mol. The minimum absolute atomic E-state index is 0.0167. The van der Waals surface area contributed by atoms with Crippen LogP contribution in [0.5, 0.6) is 11.5 Å². The Labute approximate surface area is 371 Å². The third-order valence-corrected chi connectivity index (χ3v) is 13.3. The zero-order valence-electron chi connectivity index (χ0n) is 37.3. The first-order valence-corrected chi connectivity index (χ1v) is 22.1. The highest BCUT2D eigenvalue weighted by molar-refractivity contribution is 6.09. The molecule has 5 nitrogen and oxygen atoms in total. The van der Waals surface area contributed by atoms with E-state index in [9.17, 15) is 0 Å². The summed E-state index contributed by atoms with van der Waals surface area (Å²) in [5, 5.41) is 2.34. The van der Waals surface area contributed by atoms with Gasteiger partial charge in [0, 0.05) is 51.3 Å². The van der Waals surface area contributed by atoms with E-state index < -0.39 is 0 Å². The first kappa shape index (κ1) is 40.0. The van der Waals surface area contributed by atoms with Crippen LogP contribution in [0.2, 0.25) is 0 Å². The molecule has 0 saturated heterocycles. The van der Waals surface area contributed by atoms with E-state index >= 15 is 0 Å². The molecule has 1 aliphatic rings. The van der Waals surface area contributed by atoms with E-state index in [1.54, 1.807) is 0 Å². The van der Waals surface area contributed by atoms with Crippen molar-refractivity contribution in [2.24, 2.45) is 0 Å². The smallest absolute Gasteiger partial charge is 0.137 e. The number of fused-ring (bicyclic) bond motifs is 4. The first-order chi connectivity index (χ1) is 30.4. The number of para-hydroxylation sites is 3. The summed E-state index contributed by atoms with van der Waals surface area (Å²) in [7, 11) is 0. The van der Waals surface area contributed by atoms with Gasteiger partial charge < -0.3 is 14.5 Å². The Morgan fingerprint density at radius 2 is 1.02 bits per heavy atom. The molecule has 2 aromatic heterocycles. The number of aromatic nitrogens is 2. The minimum atomic E-state index is -0.314. The molecule has 0 amide bonds. The third kappa shape index (κ3) is 7.21. The molecule has 1 aliphatic heterocycles. The molecule has 10 rings (SSSR count). The molecule has 9 aromatic rings. The molecular formula is C58H54N4O. The molecule has 0 N–H and O–H groups in total. The highest BCUT2D eigenvalue weighted by Crippen LogP contribution is 2.48. The van der Waals surface area contributed by atoms with Gasteiger partial charge in [-0.25, -0.2) is 4.98 Å². The molecule has 0 fully saturated rings. The summed E-state index contributed by atoms with van der Waals surface area (Å²) >= 11 is 0. The first-order valence-electron chi connectivity index (χ1n) is 22.1. The van der Waals surface area contributed by atoms with Gasteiger partial charge >= 0.3 is 0 Å². The third-order valence-electron chi connectivity index (χ3n) is 13.3. The quantitative estimate of drug-likeness (QED) is 0.145. The standard InChI is InChI=1S/C58H54N4O/c1-56(2,3)42-31-32-59-55(36-42)62-51-26-15-14-25-49(51)50-30-29-47(38-54(50)62)63-48-35-44(58(6,7)41-21-12-9-13-22-41)34-46(37-48)61-39-60(52-27-16-17-28-53(52)61)45-24-18-23-43(33-45)57(4,5)40-19-10-8-11-20-40/h8-38H,39H2,1-7H3. The zero-order chi connectivity index (χ0) is 43.5. The Balaban J connectivity index is 1.08. The van der Waals surface area contributed by atoms with Crippen molar-refractivity contribution in [2.75, 3.05) is 16.5 Å². The highest BCUT2D eigenvalue weighted by Gasteiger charge is 2.32. The lowest BCUT2D eigenvalue weighted by atomic mass is 9.78. The lowest BCUT2D eigenvalue weighted by Gasteiger charge is -2.30. The summed E-state index contributed by atoms with van der Waals surface area (Å²) < 4.78 is 9.32. The summed E-state index contributed by atoms with van der Waals surface area (Å²) in [6.45, 7) is 16.6. The Bertz CT molecular complexity index is 3120. The van der Waals surface area contributed by atoms with Crippen molar-refractivity contribution in [1.82, 2.24) is 9.55 Å². The molecule has 0 spiro atoms. The average molecular weight is 823 g/mol. The average Bonchev–Trinajstić information content (AvgIpc) is 3.85. The summed E-state index contributed by atoms with van der Waals surface area (Å²) in [4.78, 5) is 9.78. The number of ether oxygens (including phenoxy) is 1. The van der Waals surface area contributed by atoms with E-state index in [-0.39, 0.29) is 16.2 Å². The summed E-state index contributed by atoms with van der Waals surface area (Å²) in [5.74, 6) is 2.44. The second kappa shape index (κ2) is 15.4. The molecule has 0 bridgehead atoms. The molecule has 0 unspecified atom stereocenters. The van der Waals surface area contributed by atoms with Gasteiger partial charge in [-0.1, -0.05) is 152 Å². The van der Waals surface area contributed by atoms with Crippen molar-refractivity contribution in [3.8, 4) is 17.3 Å². The highest BCUT2D eigenvalue weighted by atomic mass is 16.5. The fraction of sp³-hybridized carbons (Fsp3) is 0.190. The van der Waals surface area contributed by atoms with Gasteiger partial charge in [0.05, 0.1) is 22.4 Å². The van der Waals surface area contributed by atoms with Gasteiger partial charge in [0.2, 0.25) is 0 Å². The maximum absolute atomic E-state index is 7.04. The molecule has 0 aliphatic carbocycles. The van der Waals surface area contributed by atoms with Crippen LogP contribution in [-0.4, -0.2) is 16.2 Å². The molecule has 7 aromatic carbocycles. The summed E-state index contributed by atoms with van der Waals surface area (Å²) in [6, 6.07) is 65.5. The second-order valence-electron chi connectivity index (χ2n) is 19.0. The van der Waals surface area contributed by atoms with E-state index in [1.165, 1.54) is 38.9 Å². The van der Waals surface area contributed by atoms with Crippen molar-refractivity contribution >= 4 is 44.6 Å². The van der Waals surface area contributed by atoms with Crippen LogP contribution in [0.15, 0.2) is 188 Å². The number of anilines is 4. The van der Waals surface area contributed by atoms with Crippen molar-refractivity contribution in [3.63, 3.8) is 0 Å². The van der Waals surface area contributed by atoms with Crippen LogP contribution < -0.4 is 14.5 Å². The van der Waals surface area contributed by atoms with E-state index in [4.69, 9.17) is 9.72 Å². The van der Waals surface area contributed by atoms with E-state index in [0.717, 1.165) is 50.8 Å². The fourth-order valence-corrected chi connectivity index (χ4v) is 9.32. The largest absolute Gasteiger partial charge is 0.457 e. The predicted octanol–water partition coefficient (Wildman–Crippen LogP) is 15.2. The van der Waals surface area contributed by atoms with Gasteiger partial charge in [-0.15, -0.1) is 0 Å². The minimum Gasteiger partial charge on any atom is -0.457 e. The fourth-order valence-electron chi connectivity index (χ4n) is 9.32. The second-order valence-corrected chi connectivity index (χ2v) is 19.0. The lowest BCUT2D eigenvalue weighted by molar-refractivity contribution is 0.480. The number of rotatable bonds is 9. The number of benzene rings is 7. The molecule has 5 heteroatoms. The van der Waals surface area contributed by atoms with Crippen LogP contribution in [0.3, 0.4) is 0 Å². The van der Waals surface area contributed by atoms with Gasteiger partial charge in [0.1, 0.15) is 24.0 Å². The van der Waals surface area contributed by atoms with Crippen LogP contribution in [0.25, 0.3) is 27.6 Å².